The molecule has 1 saturated carbocycles. The van der Waals surface area contributed by atoms with Gasteiger partial charge in [0.15, 0.2) is 0 Å². The monoisotopic (exact) mass is 518 g/mol. The van der Waals surface area contributed by atoms with Crippen molar-refractivity contribution in [2.24, 2.45) is 5.92 Å². The van der Waals surface area contributed by atoms with Gasteiger partial charge in [0.1, 0.15) is 6.33 Å². The zero-order valence-electron chi connectivity index (χ0n) is 21.2. The Morgan fingerprint density at radius 2 is 1.65 bits per heavy atom. The Morgan fingerprint density at radius 1 is 0.892 bits per heavy atom. The number of nitrogens with zero attached hydrogens (tertiary/aromatic N) is 2. The van der Waals surface area contributed by atoms with E-state index in [2.05, 4.69) is 55.0 Å². The van der Waals surface area contributed by atoms with Gasteiger partial charge in [-0.25, -0.2) is 9.97 Å². The number of benzene rings is 3. The Balaban J connectivity index is 1.53. The molecule has 2 nitrogen and oxygen atoms in total. The summed E-state index contributed by atoms with van der Waals surface area (Å²) in [7, 11) is 0. The molecule has 37 heavy (non-hydrogen) atoms. The van der Waals surface area contributed by atoms with Crippen LogP contribution in [0.2, 0.25) is 0 Å². The van der Waals surface area contributed by atoms with Gasteiger partial charge in [0.05, 0.1) is 21.5 Å². The van der Waals surface area contributed by atoms with Crippen molar-refractivity contribution in [3.05, 3.63) is 71.5 Å². The minimum Gasteiger partial charge on any atom is -0.235 e. The third-order valence-corrected chi connectivity index (χ3v) is 8.83. The van der Waals surface area contributed by atoms with Gasteiger partial charge in [0.25, 0.3) is 0 Å². The molecule has 0 amide bonds. The summed E-state index contributed by atoms with van der Waals surface area (Å²) in [6, 6.07) is 14.7. The van der Waals surface area contributed by atoms with E-state index in [4.69, 9.17) is 0 Å². The van der Waals surface area contributed by atoms with E-state index >= 15 is 0 Å². The molecule has 1 aliphatic carbocycles. The highest BCUT2D eigenvalue weighted by atomic mass is 32.1. The smallest absolute Gasteiger partial charge is 0.235 e. The van der Waals surface area contributed by atoms with Crippen LogP contribution in [0.1, 0.15) is 63.1 Å². The molecule has 2 aromatic heterocycles. The molecule has 0 spiro atoms. The predicted octanol–water partition coefficient (Wildman–Crippen LogP) is 9.71. The molecule has 5 aromatic rings. The minimum atomic E-state index is -4.39. The van der Waals surface area contributed by atoms with Crippen LogP contribution in [0.5, 0.6) is 0 Å². The molecule has 1 fully saturated rings. The number of fused-ring (bicyclic) bond motifs is 4. The van der Waals surface area contributed by atoms with Crippen molar-refractivity contribution in [3.8, 4) is 11.3 Å². The van der Waals surface area contributed by atoms with E-state index in [-0.39, 0.29) is 5.41 Å². The molecule has 0 bridgehead atoms. The third-order valence-electron chi connectivity index (χ3n) is 7.68. The highest BCUT2D eigenvalue weighted by Crippen LogP contribution is 2.42. The summed E-state index contributed by atoms with van der Waals surface area (Å²) >= 11 is 1.68. The maximum absolute atomic E-state index is 13.5. The molecule has 6 rings (SSSR count). The Bertz CT molecular complexity index is 1640. The lowest BCUT2D eigenvalue weighted by Crippen LogP contribution is -2.12. The van der Waals surface area contributed by atoms with E-state index in [1.165, 1.54) is 48.1 Å². The van der Waals surface area contributed by atoms with Gasteiger partial charge >= 0.3 is 6.18 Å². The largest absolute Gasteiger partial charge is 0.416 e. The molecular formula is C31H29F3N2S. The van der Waals surface area contributed by atoms with E-state index in [0.717, 1.165) is 50.1 Å². The molecule has 0 aliphatic heterocycles. The van der Waals surface area contributed by atoms with Crippen LogP contribution in [0.15, 0.2) is 54.9 Å². The number of thiophene rings is 1. The SMILES string of the molecule is CC(C)(C)c1cc(-c2ncnc3c2sc2cc(CC4CCCC4)ccc23)cc2cc(C(F)(F)F)ccc12. The number of aromatic nitrogens is 2. The normalized spacial score (nSPS) is 15.4. The average molecular weight is 519 g/mol. The number of halogens is 3. The van der Waals surface area contributed by atoms with Crippen molar-refractivity contribution < 1.29 is 13.2 Å². The molecule has 0 N–H and O–H groups in total. The molecule has 0 radical (unpaired) electrons. The zero-order valence-corrected chi connectivity index (χ0v) is 22.1. The van der Waals surface area contributed by atoms with Crippen LogP contribution in [0.25, 0.3) is 42.3 Å². The summed E-state index contributed by atoms with van der Waals surface area (Å²) < 4.78 is 42.8. The molecule has 3 aromatic carbocycles. The molecule has 0 saturated heterocycles. The van der Waals surface area contributed by atoms with Crippen LogP contribution in [-0.2, 0) is 18.0 Å². The van der Waals surface area contributed by atoms with Crippen molar-refractivity contribution in [1.29, 1.82) is 0 Å². The van der Waals surface area contributed by atoms with Crippen LogP contribution in [0.4, 0.5) is 13.2 Å². The van der Waals surface area contributed by atoms with Crippen LogP contribution in [0.3, 0.4) is 0 Å². The van der Waals surface area contributed by atoms with Crippen molar-refractivity contribution in [2.45, 2.75) is 64.5 Å². The van der Waals surface area contributed by atoms with Gasteiger partial charge in [-0.05, 0) is 70.0 Å². The Morgan fingerprint density at radius 3 is 2.38 bits per heavy atom. The van der Waals surface area contributed by atoms with Gasteiger partial charge in [0.2, 0.25) is 0 Å². The van der Waals surface area contributed by atoms with E-state index in [1.807, 2.05) is 6.07 Å². The highest BCUT2D eigenvalue weighted by Gasteiger charge is 2.31. The van der Waals surface area contributed by atoms with Gasteiger partial charge < -0.3 is 0 Å². The van der Waals surface area contributed by atoms with E-state index in [0.29, 0.717) is 5.39 Å². The summed E-state index contributed by atoms with van der Waals surface area (Å²) in [4.78, 5) is 9.28. The van der Waals surface area contributed by atoms with Crippen molar-refractivity contribution >= 4 is 42.4 Å². The Kier molecular flexibility index (Phi) is 5.79. The summed E-state index contributed by atoms with van der Waals surface area (Å²) in [6.07, 6.45) is 3.59. The van der Waals surface area contributed by atoms with Gasteiger partial charge in [-0.3, -0.25) is 0 Å². The van der Waals surface area contributed by atoms with E-state index in [9.17, 15) is 13.2 Å². The van der Waals surface area contributed by atoms with Gasteiger partial charge in [-0.15, -0.1) is 11.3 Å². The average Bonchev–Trinajstić information content (AvgIpc) is 3.49. The standard InChI is InChI=1S/C31H29F3N2S/c1-30(2,3)25-16-21(14-20-15-22(31(32,33)34)9-11-23(20)25)27-29-28(36-17-35-27)24-10-8-19(13-26(24)37-29)12-18-6-4-5-7-18/h8-11,13-18H,4-7,12H2,1-3H3. The molecule has 6 heteroatoms. The highest BCUT2D eigenvalue weighted by molar-refractivity contribution is 7.26. The lowest BCUT2D eigenvalue weighted by molar-refractivity contribution is -0.137. The maximum atomic E-state index is 13.5. The van der Waals surface area contributed by atoms with Crippen LogP contribution >= 0.6 is 11.3 Å². The molecule has 0 atom stereocenters. The van der Waals surface area contributed by atoms with Gasteiger partial charge in [-0.2, -0.15) is 13.2 Å². The first-order chi connectivity index (χ1) is 17.6. The topological polar surface area (TPSA) is 25.8 Å². The van der Waals surface area contributed by atoms with Crippen molar-refractivity contribution in [2.75, 3.05) is 0 Å². The fourth-order valence-electron chi connectivity index (χ4n) is 5.80. The van der Waals surface area contributed by atoms with E-state index in [1.54, 1.807) is 23.7 Å². The fraction of sp³-hybridized carbons (Fsp3) is 0.355. The van der Waals surface area contributed by atoms with Gasteiger partial charge in [-0.1, -0.05) is 64.7 Å². The quantitative estimate of drug-likeness (QED) is 0.238. The maximum Gasteiger partial charge on any atom is 0.416 e. The first kappa shape index (κ1) is 24.4. The molecular weight excluding hydrogens is 489 g/mol. The third kappa shape index (κ3) is 4.50. The summed E-state index contributed by atoms with van der Waals surface area (Å²) in [5, 5.41) is 2.52. The number of hydrogen-bond donors (Lipinski definition) is 0. The first-order valence-corrected chi connectivity index (χ1v) is 13.7. The first-order valence-electron chi connectivity index (χ1n) is 12.9. The fourth-order valence-corrected chi connectivity index (χ4v) is 7.03. The lowest BCUT2D eigenvalue weighted by Gasteiger charge is -2.23. The Labute approximate surface area is 218 Å². The second-order valence-corrected chi connectivity index (χ2v) is 12.4. The molecule has 2 heterocycles. The van der Waals surface area contributed by atoms with Crippen molar-refractivity contribution in [3.63, 3.8) is 0 Å². The number of alkyl halides is 3. The lowest BCUT2D eigenvalue weighted by atomic mass is 9.82. The second kappa shape index (κ2) is 8.80. The number of hydrogen-bond acceptors (Lipinski definition) is 3. The van der Waals surface area contributed by atoms with Gasteiger partial charge in [0, 0.05) is 15.6 Å². The molecule has 0 unspecified atom stereocenters. The summed E-state index contributed by atoms with van der Waals surface area (Å²) in [5.41, 5.74) is 3.96. The predicted molar refractivity (Wildman–Crippen MR) is 147 cm³/mol. The molecule has 1 aliphatic rings. The van der Waals surface area contributed by atoms with Crippen molar-refractivity contribution in [1.82, 2.24) is 9.97 Å². The van der Waals surface area contributed by atoms with E-state index < -0.39 is 11.7 Å². The Hall–Kier alpha value is -2.99. The van der Waals surface area contributed by atoms with Crippen LogP contribution in [-0.4, -0.2) is 9.97 Å². The zero-order chi connectivity index (χ0) is 25.9. The minimum absolute atomic E-state index is 0.255. The second-order valence-electron chi connectivity index (χ2n) is 11.4. The molecule has 190 valence electrons. The summed E-state index contributed by atoms with van der Waals surface area (Å²) in [5.74, 6) is 0.775. The van der Waals surface area contributed by atoms with Crippen LogP contribution in [0, 0.1) is 5.92 Å². The number of rotatable bonds is 3. The van der Waals surface area contributed by atoms with Crippen LogP contribution < -0.4 is 0 Å². The summed E-state index contributed by atoms with van der Waals surface area (Å²) in [6.45, 7) is 6.26.